The fourth-order valence-corrected chi connectivity index (χ4v) is 5.03. The summed E-state index contributed by atoms with van der Waals surface area (Å²) in [4.78, 5) is 32.7. The van der Waals surface area contributed by atoms with Crippen LogP contribution in [-0.4, -0.2) is 54.4 Å². The van der Waals surface area contributed by atoms with E-state index >= 15 is 0 Å². The van der Waals surface area contributed by atoms with E-state index < -0.39 is 0 Å². The van der Waals surface area contributed by atoms with E-state index in [1.165, 1.54) is 24.2 Å². The van der Waals surface area contributed by atoms with Crippen molar-refractivity contribution >= 4 is 34.8 Å². The smallest absolute Gasteiger partial charge is 0.282 e. The number of carbonyl (C=O) groups is 1. The zero-order valence-electron chi connectivity index (χ0n) is 18.3. The number of hydrogen-bond acceptors (Lipinski definition) is 7. The normalized spacial score (nSPS) is 17.8. The van der Waals surface area contributed by atoms with E-state index in [1.807, 2.05) is 45.2 Å². The van der Waals surface area contributed by atoms with Crippen LogP contribution in [0.1, 0.15) is 40.7 Å². The van der Waals surface area contributed by atoms with E-state index in [2.05, 4.69) is 21.5 Å². The van der Waals surface area contributed by atoms with Gasteiger partial charge in [-0.05, 0) is 37.5 Å². The molecule has 0 radical (unpaired) electrons. The second kappa shape index (κ2) is 8.81. The minimum atomic E-state index is -0.0221. The highest BCUT2D eigenvalue weighted by atomic mass is 35.5. The molecule has 2 aliphatic rings. The maximum absolute atomic E-state index is 12.6. The van der Waals surface area contributed by atoms with Crippen molar-refractivity contribution in [1.82, 2.24) is 29.4 Å². The Hall–Kier alpha value is -3.30. The summed E-state index contributed by atoms with van der Waals surface area (Å²) in [5, 5.41) is 6.42. The van der Waals surface area contributed by atoms with Crippen molar-refractivity contribution in [1.29, 1.82) is 0 Å². The van der Waals surface area contributed by atoms with Crippen LogP contribution < -0.4 is 5.32 Å². The van der Waals surface area contributed by atoms with E-state index in [9.17, 15) is 4.79 Å². The van der Waals surface area contributed by atoms with Crippen LogP contribution in [0, 0.1) is 0 Å². The van der Waals surface area contributed by atoms with Crippen molar-refractivity contribution in [2.24, 2.45) is 0 Å². The molecule has 1 saturated heterocycles. The van der Waals surface area contributed by atoms with Crippen LogP contribution in [0.2, 0.25) is 5.02 Å². The van der Waals surface area contributed by atoms with Crippen LogP contribution in [0.15, 0.2) is 54.3 Å². The number of benzene rings is 1. The molecule has 4 aromatic rings. The molecule has 172 valence electrons. The largest absolute Gasteiger partial charge is 0.350 e. The van der Waals surface area contributed by atoms with Crippen LogP contribution in [0.3, 0.4) is 0 Å². The Morgan fingerprint density at radius 2 is 2.03 bits per heavy atom. The lowest BCUT2D eigenvalue weighted by molar-refractivity contribution is 0.0791. The van der Waals surface area contributed by atoms with Crippen molar-refractivity contribution in [3.63, 3.8) is 0 Å². The summed E-state index contributed by atoms with van der Waals surface area (Å²) in [7, 11) is 0. The zero-order chi connectivity index (χ0) is 23.1. The fourth-order valence-electron chi connectivity index (χ4n) is 4.24. The van der Waals surface area contributed by atoms with Crippen LogP contribution in [0.25, 0.3) is 17.2 Å². The third-order valence-corrected chi connectivity index (χ3v) is 7.11. The highest BCUT2D eigenvalue weighted by Crippen LogP contribution is 2.41. The number of likely N-dealkylation sites (tertiary alicyclic amines) is 1. The topological polar surface area (TPSA) is 88.8 Å². The van der Waals surface area contributed by atoms with Crippen LogP contribution in [0.4, 0.5) is 5.95 Å². The van der Waals surface area contributed by atoms with Gasteiger partial charge >= 0.3 is 0 Å². The molecule has 0 bridgehead atoms. The number of nitrogens with zero attached hydrogens (tertiary/aromatic N) is 6. The molecular weight excluding hydrogens is 470 g/mol. The Bertz CT molecular complexity index is 1330. The number of aromatic nitrogens is 5. The number of imidazole rings is 1. The lowest BCUT2D eigenvalue weighted by atomic mass is 10.2. The lowest BCUT2D eigenvalue weighted by Gasteiger charge is -2.16. The SMILES string of the molecule is O=C(c1nccs1)N1CC[C@@H](Nc2nccc(-n3cc(C4CC4)nc3-c3cccc(Cl)c3)n2)C1. The van der Waals surface area contributed by atoms with Crippen molar-refractivity contribution in [3.05, 3.63) is 70.0 Å². The Balaban J connectivity index is 1.24. The second-order valence-corrected chi connectivity index (χ2v) is 9.93. The fraction of sp³-hybridized carbons (Fsp3) is 0.292. The summed E-state index contributed by atoms with van der Waals surface area (Å²) in [6.45, 7) is 1.28. The number of halogens is 1. The van der Waals surface area contributed by atoms with Gasteiger partial charge in [-0.2, -0.15) is 4.98 Å². The molecule has 1 N–H and O–H groups in total. The third-order valence-electron chi connectivity index (χ3n) is 6.11. The molecule has 1 amide bonds. The van der Waals surface area contributed by atoms with Gasteiger partial charge in [-0.3, -0.25) is 9.36 Å². The minimum Gasteiger partial charge on any atom is -0.350 e. The zero-order valence-corrected chi connectivity index (χ0v) is 19.8. The highest BCUT2D eigenvalue weighted by Gasteiger charge is 2.30. The molecule has 1 aromatic carbocycles. The first-order valence-corrected chi connectivity index (χ1v) is 12.5. The van der Waals surface area contributed by atoms with Crippen LogP contribution in [-0.2, 0) is 0 Å². The molecular formula is C24H22ClN7OS. The number of amides is 1. The first-order valence-electron chi connectivity index (χ1n) is 11.3. The van der Waals surface area contributed by atoms with Gasteiger partial charge in [0.1, 0.15) is 11.6 Å². The van der Waals surface area contributed by atoms with Gasteiger partial charge in [0.05, 0.1) is 5.69 Å². The number of thiazole rings is 1. The summed E-state index contributed by atoms with van der Waals surface area (Å²) < 4.78 is 2.01. The maximum atomic E-state index is 12.6. The molecule has 2 fully saturated rings. The molecule has 0 spiro atoms. The molecule has 8 nitrogen and oxygen atoms in total. The number of anilines is 1. The van der Waals surface area contributed by atoms with Gasteiger partial charge in [0, 0.05) is 59.6 Å². The Morgan fingerprint density at radius 1 is 1.12 bits per heavy atom. The maximum Gasteiger partial charge on any atom is 0.282 e. The van der Waals surface area contributed by atoms with Crippen molar-refractivity contribution in [2.45, 2.75) is 31.2 Å². The monoisotopic (exact) mass is 491 g/mol. The number of nitrogens with one attached hydrogen (secondary N) is 1. The summed E-state index contributed by atoms with van der Waals surface area (Å²) in [5.74, 6) is 2.57. The van der Waals surface area contributed by atoms with E-state index in [0.29, 0.717) is 35.0 Å². The van der Waals surface area contributed by atoms with Crippen molar-refractivity contribution in [2.75, 3.05) is 18.4 Å². The predicted octanol–water partition coefficient (Wildman–Crippen LogP) is 4.64. The molecule has 1 saturated carbocycles. The average Bonchev–Trinajstić information content (AvgIpc) is 3.24. The molecule has 3 aromatic heterocycles. The molecule has 1 atom stereocenters. The molecule has 10 heteroatoms. The Kier molecular flexibility index (Phi) is 5.50. The number of carbonyl (C=O) groups excluding carboxylic acids is 1. The van der Waals surface area contributed by atoms with Gasteiger partial charge < -0.3 is 10.2 Å². The quantitative estimate of drug-likeness (QED) is 0.422. The average molecular weight is 492 g/mol. The van der Waals surface area contributed by atoms with Gasteiger partial charge in [-0.1, -0.05) is 23.7 Å². The predicted molar refractivity (Wildman–Crippen MR) is 132 cm³/mol. The first-order chi connectivity index (χ1) is 16.6. The molecule has 1 aliphatic carbocycles. The second-order valence-electron chi connectivity index (χ2n) is 8.60. The van der Waals surface area contributed by atoms with E-state index in [4.69, 9.17) is 21.6 Å². The van der Waals surface area contributed by atoms with Gasteiger partial charge in [-0.25, -0.2) is 15.0 Å². The number of hydrogen-bond donors (Lipinski definition) is 1. The molecule has 0 unspecified atom stereocenters. The number of rotatable bonds is 6. The van der Waals surface area contributed by atoms with E-state index in [0.717, 1.165) is 29.3 Å². The summed E-state index contributed by atoms with van der Waals surface area (Å²) in [5.41, 5.74) is 2.02. The van der Waals surface area contributed by atoms with Gasteiger partial charge in [0.25, 0.3) is 5.91 Å². The summed E-state index contributed by atoms with van der Waals surface area (Å²) >= 11 is 7.62. The highest BCUT2D eigenvalue weighted by molar-refractivity contribution is 7.11. The first kappa shape index (κ1) is 21.2. The summed E-state index contributed by atoms with van der Waals surface area (Å²) in [6.07, 6.45) is 8.64. The Labute approximate surface area is 205 Å². The van der Waals surface area contributed by atoms with Crippen LogP contribution >= 0.6 is 22.9 Å². The van der Waals surface area contributed by atoms with E-state index in [-0.39, 0.29) is 11.9 Å². The van der Waals surface area contributed by atoms with Crippen LogP contribution in [0.5, 0.6) is 0 Å². The van der Waals surface area contributed by atoms with Gasteiger partial charge in [0.2, 0.25) is 5.95 Å². The molecule has 1 aliphatic heterocycles. The van der Waals surface area contributed by atoms with Gasteiger partial charge in [-0.15, -0.1) is 11.3 Å². The van der Waals surface area contributed by atoms with Crippen molar-refractivity contribution < 1.29 is 4.79 Å². The molecule has 34 heavy (non-hydrogen) atoms. The molecule has 6 rings (SSSR count). The van der Waals surface area contributed by atoms with Crippen molar-refractivity contribution in [3.8, 4) is 17.2 Å². The molecule has 4 heterocycles. The third kappa shape index (κ3) is 4.28. The van der Waals surface area contributed by atoms with E-state index in [1.54, 1.807) is 12.4 Å². The lowest BCUT2D eigenvalue weighted by Crippen LogP contribution is -2.31. The van der Waals surface area contributed by atoms with Gasteiger partial charge in [0.15, 0.2) is 5.01 Å². The standard InChI is InChI=1S/C24H22ClN7OS/c25-17-3-1-2-16(12-17)21-29-19(15-4-5-15)14-32(21)20-6-8-27-24(30-20)28-18-7-10-31(13-18)23(33)22-26-9-11-34-22/h1-3,6,8-9,11-12,14-15,18H,4-5,7,10,13H2,(H,27,28,30)/t18-/m1/s1. The minimum absolute atomic E-state index is 0.0221. The summed E-state index contributed by atoms with van der Waals surface area (Å²) in [6, 6.07) is 9.68. The Morgan fingerprint density at radius 3 is 2.82 bits per heavy atom.